The van der Waals surface area contributed by atoms with E-state index in [0.717, 1.165) is 5.06 Å². The van der Waals surface area contributed by atoms with Crippen molar-refractivity contribution >= 4 is 11.7 Å². The summed E-state index contributed by atoms with van der Waals surface area (Å²) in [4.78, 5) is 26.4. The second-order valence-corrected chi connectivity index (χ2v) is 3.48. The Balaban J connectivity index is 2.28. The highest BCUT2D eigenvalue weighted by atomic mass is 16.8. The summed E-state index contributed by atoms with van der Waals surface area (Å²) in [5.41, 5.74) is -0.931. The Bertz CT molecular complexity index is 327. The zero-order valence-corrected chi connectivity index (χ0v) is 7.34. The fourth-order valence-corrected chi connectivity index (χ4v) is 1.85. The summed E-state index contributed by atoms with van der Waals surface area (Å²) in [6.07, 6.45) is 1.98. The van der Waals surface area contributed by atoms with E-state index in [1.165, 1.54) is 12.2 Å². The van der Waals surface area contributed by atoms with Crippen LogP contribution in [0.2, 0.25) is 0 Å². The molecule has 1 aliphatic heterocycles. The molecule has 3 N–H and O–H groups in total. The average Bonchev–Trinajstić information content (AvgIpc) is 2.10. The number of carbonyl (C=O) groups excluding carboxylic acids is 2. The van der Waals surface area contributed by atoms with E-state index in [2.05, 4.69) is 4.94 Å². The Morgan fingerprint density at radius 2 is 2.36 bits per heavy atom. The van der Waals surface area contributed by atoms with Crippen molar-refractivity contribution in [2.45, 2.75) is 24.5 Å². The van der Waals surface area contributed by atoms with Gasteiger partial charge in [-0.15, -0.1) is 0 Å². The minimum atomic E-state index is -0.943. The lowest BCUT2D eigenvalue weighted by atomic mass is 9.75. The van der Waals surface area contributed by atoms with Crippen LogP contribution in [-0.4, -0.2) is 33.5 Å². The highest BCUT2D eigenvalue weighted by Crippen LogP contribution is 2.39. The number of nitrogens with zero attached hydrogens (tertiary/aromatic N) is 1. The molecule has 2 aliphatic rings. The van der Waals surface area contributed by atoms with Crippen LogP contribution in [0.3, 0.4) is 0 Å². The number of β-lactam (4-membered cyclic amide) rings is 1. The third-order valence-corrected chi connectivity index (χ3v) is 2.67. The molecule has 2 rings (SSSR count). The predicted molar refractivity (Wildman–Crippen MR) is 44.2 cm³/mol. The molecule has 0 aromatic carbocycles. The lowest BCUT2D eigenvalue weighted by molar-refractivity contribution is -0.266. The van der Waals surface area contributed by atoms with E-state index in [9.17, 15) is 14.7 Å². The van der Waals surface area contributed by atoms with Crippen molar-refractivity contribution in [2.75, 3.05) is 0 Å². The van der Waals surface area contributed by atoms with Crippen LogP contribution < -0.4 is 5.90 Å². The molecule has 1 spiro atoms. The first-order valence-electron chi connectivity index (χ1n) is 4.20. The molecule has 6 nitrogen and oxygen atoms in total. The molecule has 1 amide bonds. The van der Waals surface area contributed by atoms with Crippen molar-refractivity contribution in [3.05, 3.63) is 12.2 Å². The minimum absolute atomic E-state index is 0.0103. The first-order valence-corrected chi connectivity index (χ1v) is 4.20. The van der Waals surface area contributed by atoms with Crippen molar-refractivity contribution in [3.63, 3.8) is 0 Å². The summed E-state index contributed by atoms with van der Waals surface area (Å²) in [5, 5.41) is 10.6. The average molecular weight is 198 g/mol. The number of hydrogen-bond donors (Lipinski definition) is 2. The maximum absolute atomic E-state index is 11.1. The first kappa shape index (κ1) is 9.32. The Labute approximate surface area is 79.8 Å². The van der Waals surface area contributed by atoms with Crippen LogP contribution in [0.5, 0.6) is 0 Å². The number of aliphatic hydroxyl groups is 1. The van der Waals surface area contributed by atoms with Crippen LogP contribution in [-0.2, 0) is 14.5 Å². The summed E-state index contributed by atoms with van der Waals surface area (Å²) >= 11 is 0. The lowest BCUT2D eigenvalue weighted by Gasteiger charge is -2.50. The SMILES string of the molecule is NON1C(=O)CC12C=CC(=O)C[C@H]2O. The topological polar surface area (TPSA) is 92.9 Å². The van der Waals surface area contributed by atoms with Gasteiger partial charge in [0.15, 0.2) is 5.78 Å². The van der Waals surface area contributed by atoms with Crippen molar-refractivity contribution in [3.8, 4) is 0 Å². The summed E-state index contributed by atoms with van der Waals surface area (Å²) in [7, 11) is 0. The van der Waals surface area contributed by atoms with Gasteiger partial charge in [-0.25, -0.2) is 0 Å². The Morgan fingerprint density at radius 1 is 1.64 bits per heavy atom. The Morgan fingerprint density at radius 3 is 2.86 bits per heavy atom. The standard InChI is InChI=1S/C8H10N2O4/c9-14-10-7(13)4-8(10)2-1-5(11)3-6(8)12/h1-2,6,12H,3-4,9H2/t6-,8?/m1/s1. The monoisotopic (exact) mass is 198 g/mol. The summed E-state index contributed by atoms with van der Waals surface area (Å²) < 4.78 is 0. The lowest BCUT2D eigenvalue weighted by Crippen LogP contribution is -2.69. The van der Waals surface area contributed by atoms with Gasteiger partial charge in [-0.3, -0.25) is 9.59 Å². The number of allylic oxidation sites excluding steroid dienone is 1. The number of rotatable bonds is 1. The van der Waals surface area contributed by atoms with Gasteiger partial charge in [0, 0.05) is 6.42 Å². The molecule has 1 unspecified atom stereocenters. The maximum atomic E-state index is 11.1. The van der Waals surface area contributed by atoms with Gasteiger partial charge in [0.05, 0.1) is 12.5 Å². The molecule has 6 heteroatoms. The summed E-state index contributed by atoms with van der Waals surface area (Å²) in [6, 6.07) is 0. The molecule has 1 fully saturated rings. The van der Waals surface area contributed by atoms with E-state index in [4.69, 9.17) is 5.90 Å². The van der Waals surface area contributed by atoms with Crippen LogP contribution in [0.25, 0.3) is 0 Å². The van der Waals surface area contributed by atoms with Gasteiger partial charge in [-0.2, -0.15) is 15.9 Å². The van der Waals surface area contributed by atoms with Crippen LogP contribution in [0.15, 0.2) is 12.2 Å². The zero-order valence-electron chi connectivity index (χ0n) is 7.34. The largest absolute Gasteiger partial charge is 0.390 e. The van der Waals surface area contributed by atoms with Gasteiger partial charge in [-0.1, -0.05) is 0 Å². The molecular weight excluding hydrogens is 188 g/mol. The number of ketones is 1. The van der Waals surface area contributed by atoms with Gasteiger partial charge < -0.3 is 5.11 Å². The predicted octanol–water partition coefficient (Wildman–Crippen LogP) is -1.35. The maximum Gasteiger partial charge on any atom is 0.251 e. The molecule has 76 valence electrons. The molecule has 0 aromatic rings. The number of amides is 1. The van der Waals surface area contributed by atoms with Crippen molar-refractivity contribution in [2.24, 2.45) is 5.90 Å². The highest BCUT2D eigenvalue weighted by Gasteiger charge is 2.57. The van der Waals surface area contributed by atoms with E-state index in [1.54, 1.807) is 0 Å². The molecule has 0 radical (unpaired) electrons. The van der Waals surface area contributed by atoms with E-state index in [0.29, 0.717) is 0 Å². The van der Waals surface area contributed by atoms with Crippen LogP contribution >= 0.6 is 0 Å². The van der Waals surface area contributed by atoms with Crippen molar-refractivity contribution in [1.82, 2.24) is 5.06 Å². The number of hydrogen-bond acceptors (Lipinski definition) is 5. The van der Waals surface area contributed by atoms with Crippen molar-refractivity contribution < 1.29 is 19.6 Å². The van der Waals surface area contributed by atoms with Gasteiger partial charge in [0.2, 0.25) is 0 Å². The molecule has 1 heterocycles. The van der Waals surface area contributed by atoms with Crippen LogP contribution in [0, 0.1) is 0 Å². The Hall–Kier alpha value is -1.24. The summed E-state index contributed by atoms with van der Waals surface area (Å²) in [5.74, 6) is 4.43. The molecule has 14 heavy (non-hydrogen) atoms. The number of nitrogens with two attached hydrogens (primary N) is 1. The smallest absolute Gasteiger partial charge is 0.251 e. The van der Waals surface area contributed by atoms with Crippen LogP contribution in [0.1, 0.15) is 12.8 Å². The van der Waals surface area contributed by atoms with Gasteiger partial charge >= 0.3 is 0 Å². The van der Waals surface area contributed by atoms with E-state index in [-0.39, 0.29) is 24.5 Å². The van der Waals surface area contributed by atoms with E-state index >= 15 is 0 Å². The molecule has 0 saturated carbocycles. The normalized spacial score (nSPS) is 36.4. The quantitative estimate of drug-likeness (QED) is 0.401. The summed E-state index contributed by atoms with van der Waals surface area (Å²) in [6.45, 7) is 0. The third-order valence-electron chi connectivity index (χ3n) is 2.67. The van der Waals surface area contributed by atoms with Gasteiger partial charge in [0.25, 0.3) is 5.91 Å². The van der Waals surface area contributed by atoms with E-state index < -0.39 is 11.6 Å². The highest BCUT2D eigenvalue weighted by molar-refractivity contribution is 5.94. The molecule has 1 saturated heterocycles. The Kier molecular flexibility index (Phi) is 1.91. The first-order chi connectivity index (χ1) is 6.60. The van der Waals surface area contributed by atoms with Crippen LogP contribution in [0.4, 0.5) is 0 Å². The molecule has 2 atom stereocenters. The van der Waals surface area contributed by atoms with Crippen molar-refractivity contribution in [1.29, 1.82) is 0 Å². The third kappa shape index (κ3) is 1.02. The fourth-order valence-electron chi connectivity index (χ4n) is 1.85. The number of aliphatic hydroxyl groups excluding tert-OH is 1. The number of hydroxylamine groups is 2. The second-order valence-electron chi connectivity index (χ2n) is 3.48. The molecule has 1 aliphatic carbocycles. The van der Waals surface area contributed by atoms with Gasteiger partial charge in [-0.05, 0) is 12.2 Å². The molecule has 0 bridgehead atoms. The second kappa shape index (κ2) is 2.88. The number of carbonyl (C=O) groups is 2. The minimum Gasteiger partial charge on any atom is -0.390 e. The molecular formula is C8H10N2O4. The fraction of sp³-hybridized carbons (Fsp3) is 0.500. The molecule has 0 aromatic heterocycles. The zero-order chi connectivity index (χ0) is 10.3. The van der Waals surface area contributed by atoms with Gasteiger partial charge in [0.1, 0.15) is 5.54 Å². The van der Waals surface area contributed by atoms with E-state index in [1.807, 2.05) is 0 Å².